The molecule has 0 aliphatic carbocycles. The highest BCUT2D eigenvalue weighted by Crippen LogP contribution is 2.52. The smallest absolute Gasteiger partial charge is 0.315 e. The Morgan fingerprint density at radius 1 is 0.825 bits per heavy atom. The number of nitrogens with one attached hydrogen (secondary N) is 4. The normalized spacial score (nSPS) is 17.9. The molecule has 6 rings (SSSR count). The van der Waals surface area contributed by atoms with Crippen LogP contribution in [0.1, 0.15) is 64.2 Å². The molecule has 1 aromatic heterocycles. The zero-order valence-corrected chi connectivity index (χ0v) is 33.5. The predicted molar refractivity (Wildman–Crippen MR) is 216 cm³/mol. The zero-order chi connectivity index (χ0) is 40.1. The third-order valence-electron chi connectivity index (χ3n) is 10.2. The van der Waals surface area contributed by atoms with Gasteiger partial charge in [0.15, 0.2) is 23.0 Å². The first-order valence-corrected chi connectivity index (χ1v) is 20.5. The van der Waals surface area contributed by atoms with Crippen LogP contribution < -0.4 is 55.1 Å². The van der Waals surface area contributed by atoms with Gasteiger partial charge in [0.05, 0.1) is 44.4 Å². The first kappa shape index (κ1) is 41.4. The maximum Gasteiger partial charge on any atom is 0.315 e. The Morgan fingerprint density at radius 2 is 1.58 bits per heavy atom. The molecule has 0 bridgehead atoms. The number of carbonyl (C=O) groups excluding carboxylic acids is 3. The van der Waals surface area contributed by atoms with E-state index in [1.165, 1.54) is 27.6 Å². The van der Waals surface area contributed by atoms with Gasteiger partial charge in [-0.1, -0.05) is 31.4 Å². The maximum atomic E-state index is 13.7. The van der Waals surface area contributed by atoms with Gasteiger partial charge < -0.3 is 54.1 Å². The molecule has 0 saturated carbocycles. The summed E-state index contributed by atoms with van der Waals surface area (Å²) in [7, 11) is 4.47. The molecule has 57 heavy (non-hydrogen) atoms. The van der Waals surface area contributed by atoms with Gasteiger partial charge in [0, 0.05) is 48.6 Å². The van der Waals surface area contributed by atoms with E-state index in [1.807, 2.05) is 23.9 Å². The summed E-state index contributed by atoms with van der Waals surface area (Å²) in [4.78, 5) is 49.7. The summed E-state index contributed by atoms with van der Waals surface area (Å²) < 4.78 is 39.6. The lowest BCUT2D eigenvalue weighted by Gasteiger charge is -2.16. The van der Waals surface area contributed by atoms with Crippen molar-refractivity contribution in [3.63, 3.8) is 0 Å². The number of fused-ring (bicyclic) bond motifs is 3. The summed E-state index contributed by atoms with van der Waals surface area (Å²) in [5.41, 5.74) is 0.676. The molecule has 4 amide bonds. The lowest BCUT2D eigenvalue weighted by molar-refractivity contribution is -0.122. The summed E-state index contributed by atoms with van der Waals surface area (Å²) in [5.74, 6) is 3.27. The largest absolute Gasteiger partial charge is 0.493 e. The Morgan fingerprint density at radius 3 is 2.33 bits per heavy atom. The van der Waals surface area contributed by atoms with Crippen molar-refractivity contribution in [2.24, 2.45) is 0 Å². The number of thioether (sulfide) groups is 1. The number of amides is 4. The van der Waals surface area contributed by atoms with Crippen molar-refractivity contribution in [2.45, 2.75) is 81.5 Å². The Hall–Kier alpha value is -5.25. The number of methoxy groups -OCH3 is 3. The van der Waals surface area contributed by atoms with Crippen LogP contribution in [0.4, 0.5) is 4.79 Å². The first-order valence-electron chi connectivity index (χ1n) is 19.5. The van der Waals surface area contributed by atoms with Gasteiger partial charge >= 0.3 is 6.03 Å². The van der Waals surface area contributed by atoms with Gasteiger partial charge in [-0.15, -0.1) is 0 Å². The number of hydrogen-bond donors (Lipinski definition) is 4. The minimum atomic E-state index is -0.310. The maximum absolute atomic E-state index is 13.7. The number of rotatable bonds is 22. The highest BCUT2D eigenvalue weighted by Gasteiger charge is 2.42. The van der Waals surface area contributed by atoms with Crippen molar-refractivity contribution >= 4 is 40.6 Å². The van der Waals surface area contributed by atoms with E-state index in [-0.39, 0.29) is 59.7 Å². The number of benzene rings is 2. The van der Waals surface area contributed by atoms with E-state index in [0.717, 1.165) is 50.7 Å². The van der Waals surface area contributed by atoms with Gasteiger partial charge in [-0.25, -0.2) is 4.79 Å². The number of hydrogen-bond acceptors (Lipinski definition) is 12. The van der Waals surface area contributed by atoms with Gasteiger partial charge in [0.25, 0.3) is 0 Å². The van der Waals surface area contributed by atoms with E-state index in [9.17, 15) is 19.2 Å². The van der Waals surface area contributed by atoms with Crippen molar-refractivity contribution in [1.29, 1.82) is 0 Å². The summed E-state index contributed by atoms with van der Waals surface area (Å²) in [6, 6.07) is 5.23. The first-order chi connectivity index (χ1) is 27.8. The van der Waals surface area contributed by atoms with Crippen molar-refractivity contribution in [1.82, 2.24) is 21.3 Å². The minimum absolute atomic E-state index is 0.00157. The third-order valence-corrected chi connectivity index (χ3v) is 11.7. The third kappa shape index (κ3) is 10.4. The lowest BCUT2D eigenvalue weighted by atomic mass is 10.0. The molecule has 0 radical (unpaired) electrons. The number of urea groups is 1. The average Bonchev–Trinajstić information content (AvgIpc) is 3.95. The Labute approximate surface area is 335 Å². The molecule has 4 N–H and O–H groups in total. The monoisotopic (exact) mass is 808 g/mol. The van der Waals surface area contributed by atoms with E-state index < -0.39 is 0 Å². The molecule has 2 aromatic carbocycles. The molecule has 0 unspecified atom stereocenters. The fraction of sp³-hybridized carbons (Fsp3) is 0.512. The second kappa shape index (κ2) is 20.3. The molecular weight excluding hydrogens is 757 g/mol. The van der Waals surface area contributed by atoms with Crippen LogP contribution in [0.25, 0.3) is 22.1 Å². The summed E-state index contributed by atoms with van der Waals surface area (Å²) in [6.45, 7) is 1.51. The van der Waals surface area contributed by atoms with Crippen molar-refractivity contribution < 1.29 is 47.2 Å². The molecule has 3 aliphatic heterocycles. The predicted octanol–water partition coefficient (Wildman–Crippen LogP) is 5.45. The van der Waals surface area contributed by atoms with E-state index in [2.05, 4.69) is 21.3 Å². The van der Waals surface area contributed by atoms with Gasteiger partial charge in [-0.3, -0.25) is 14.4 Å². The van der Waals surface area contributed by atoms with E-state index in [4.69, 9.17) is 32.8 Å². The quantitative estimate of drug-likeness (QED) is 0.0573. The molecule has 2 fully saturated rings. The molecule has 0 spiro atoms. The van der Waals surface area contributed by atoms with Gasteiger partial charge in [-0.2, -0.15) is 11.8 Å². The fourth-order valence-corrected chi connectivity index (χ4v) is 8.76. The fourth-order valence-electron chi connectivity index (χ4n) is 7.21. The molecule has 16 heteroatoms. The van der Waals surface area contributed by atoms with Gasteiger partial charge in [0.1, 0.15) is 18.5 Å². The molecule has 15 nitrogen and oxygen atoms in total. The number of unbranched alkanes of at least 4 members (excludes halogenated alkanes) is 4. The molecule has 4 heterocycles. The van der Waals surface area contributed by atoms with Crippen molar-refractivity contribution in [2.75, 3.05) is 53.6 Å². The van der Waals surface area contributed by atoms with Crippen LogP contribution >= 0.6 is 11.8 Å². The van der Waals surface area contributed by atoms with Crippen LogP contribution in [-0.2, 0) is 9.59 Å². The van der Waals surface area contributed by atoms with Gasteiger partial charge in [-0.05, 0) is 44.2 Å². The molecule has 308 valence electrons. The SMILES string of the molecule is COc1cc2c(=O)c(-c3cc(OC)c4c(c3OC)OCO4)coc2cc1OC/C=C/CCC(=O)NCCCCCCNC(=O)CCCC[C@@H]1SC[C@@H]2NC(=O)N[C@@H]21. The summed E-state index contributed by atoms with van der Waals surface area (Å²) >= 11 is 1.90. The topological polar surface area (TPSA) is 185 Å². The van der Waals surface area contributed by atoms with Crippen LogP contribution in [0, 0.1) is 0 Å². The van der Waals surface area contributed by atoms with Crippen LogP contribution in [0.2, 0.25) is 0 Å². The summed E-state index contributed by atoms with van der Waals surface area (Å²) in [5, 5.41) is 12.7. The second-order valence-electron chi connectivity index (χ2n) is 14.0. The van der Waals surface area contributed by atoms with Crippen LogP contribution in [0.3, 0.4) is 0 Å². The van der Waals surface area contributed by atoms with E-state index >= 15 is 0 Å². The Bertz CT molecular complexity index is 1990. The standard InChI is InChI=1S/C41H52N4O11S/c1-50-30-20-26-29(54-22-27(37(26)48)25-19-32(51-2)39-40(38(25)52-3)56-24-55-39)21-31(30)53-18-12-6-7-14-34(46)42-16-10-4-5-11-17-43-35(47)15-9-8-13-33-36-28(23-57-33)44-41(49)45-36/h6,12,19-22,28,33,36H,4-5,7-11,13-18,23-24H2,1-3H3,(H,42,46)(H,43,47)(H2,44,45,49)/b12-6+/t28-,33-,36-/m0/s1. The van der Waals surface area contributed by atoms with Crippen molar-refractivity contribution in [3.05, 3.63) is 46.8 Å². The van der Waals surface area contributed by atoms with Crippen LogP contribution in [0.5, 0.6) is 34.5 Å². The lowest BCUT2D eigenvalue weighted by Crippen LogP contribution is -2.36. The van der Waals surface area contributed by atoms with Crippen LogP contribution in [-0.4, -0.2) is 88.8 Å². The Balaban J connectivity index is 0.835. The van der Waals surface area contributed by atoms with Gasteiger partial charge in [0.2, 0.25) is 35.5 Å². The van der Waals surface area contributed by atoms with E-state index in [1.54, 1.807) is 18.2 Å². The molecular formula is C41H52N4O11S. The van der Waals surface area contributed by atoms with E-state index in [0.29, 0.717) is 83.2 Å². The molecule has 2 saturated heterocycles. The summed E-state index contributed by atoms with van der Waals surface area (Å²) in [6.07, 6.45) is 13.1. The zero-order valence-electron chi connectivity index (χ0n) is 32.7. The highest BCUT2D eigenvalue weighted by atomic mass is 32.2. The second-order valence-corrected chi connectivity index (χ2v) is 15.3. The number of allylic oxidation sites excluding steroid dienone is 1. The Kier molecular flexibility index (Phi) is 14.7. The average molecular weight is 809 g/mol. The number of carbonyl (C=O) groups is 3. The van der Waals surface area contributed by atoms with Crippen LogP contribution in [0.15, 0.2) is 45.8 Å². The molecule has 3 atom stereocenters. The number of ether oxygens (including phenoxy) is 6. The molecule has 3 aromatic rings. The highest BCUT2D eigenvalue weighted by molar-refractivity contribution is 8.00. The minimum Gasteiger partial charge on any atom is -0.493 e. The molecule has 3 aliphatic rings. The van der Waals surface area contributed by atoms with Crippen molar-refractivity contribution in [3.8, 4) is 45.6 Å².